The lowest BCUT2D eigenvalue weighted by molar-refractivity contribution is -0.141. The van der Waals surface area contributed by atoms with E-state index in [-0.39, 0.29) is 12.3 Å². The van der Waals surface area contributed by atoms with Crippen molar-refractivity contribution in [3.8, 4) is 0 Å². The lowest BCUT2D eigenvalue weighted by Gasteiger charge is -2.29. The van der Waals surface area contributed by atoms with Gasteiger partial charge in [0.15, 0.2) is 0 Å². The van der Waals surface area contributed by atoms with Gasteiger partial charge in [-0.25, -0.2) is 4.39 Å². The molecule has 0 unspecified atom stereocenters. The zero-order chi connectivity index (χ0) is 25.4. The Bertz CT molecular complexity index is 901. The van der Waals surface area contributed by atoms with Crippen LogP contribution in [0, 0.1) is 11.7 Å². The molecule has 4 N–H and O–H groups in total. The van der Waals surface area contributed by atoms with Crippen LogP contribution in [-0.4, -0.2) is 53.2 Å². The molecule has 8 nitrogen and oxygen atoms in total. The number of benzene rings is 1. The molecule has 1 aliphatic heterocycles. The van der Waals surface area contributed by atoms with Crippen molar-refractivity contribution in [1.29, 1.82) is 0 Å². The summed E-state index contributed by atoms with van der Waals surface area (Å²) in [6.07, 6.45) is 8.43. The highest BCUT2D eigenvalue weighted by Gasteiger charge is 2.37. The smallest absolute Gasteiger partial charge is 0.246 e. The van der Waals surface area contributed by atoms with E-state index in [9.17, 15) is 23.6 Å². The minimum atomic E-state index is -0.973. The number of likely N-dealkylation sites (tertiary alicyclic amines) is 1. The SMILES string of the molecule is CC(=O)N[C@@H](CCC1CCCCC1)C(=O)N[C@@H](Cc1ccc(F)cc1)C(=O)N1CCC[C@H]1C(N)=O. The molecule has 1 saturated heterocycles. The lowest BCUT2D eigenvalue weighted by Crippen LogP contribution is -2.56. The van der Waals surface area contributed by atoms with Gasteiger partial charge in [0.05, 0.1) is 0 Å². The Morgan fingerprint density at radius 1 is 1.00 bits per heavy atom. The number of carbonyl (C=O) groups excluding carboxylic acids is 4. The van der Waals surface area contributed by atoms with Crippen LogP contribution >= 0.6 is 0 Å². The van der Waals surface area contributed by atoms with E-state index < -0.39 is 41.7 Å². The van der Waals surface area contributed by atoms with Crippen molar-refractivity contribution in [3.05, 3.63) is 35.6 Å². The molecule has 0 bridgehead atoms. The zero-order valence-corrected chi connectivity index (χ0v) is 20.4. The summed E-state index contributed by atoms with van der Waals surface area (Å²) < 4.78 is 13.4. The second-order valence-electron chi connectivity index (χ2n) is 9.82. The summed E-state index contributed by atoms with van der Waals surface area (Å²) in [5.74, 6) is -1.60. The van der Waals surface area contributed by atoms with Gasteiger partial charge in [-0.05, 0) is 49.3 Å². The molecular weight excluding hydrogens is 451 g/mol. The highest BCUT2D eigenvalue weighted by atomic mass is 19.1. The summed E-state index contributed by atoms with van der Waals surface area (Å²) in [4.78, 5) is 51.9. The first kappa shape index (κ1) is 26.6. The van der Waals surface area contributed by atoms with Gasteiger partial charge in [0.1, 0.15) is 23.9 Å². The fourth-order valence-corrected chi connectivity index (χ4v) is 5.25. The van der Waals surface area contributed by atoms with E-state index in [1.54, 1.807) is 12.1 Å². The van der Waals surface area contributed by atoms with Crippen molar-refractivity contribution in [1.82, 2.24) is 15.5 Å². The summed E-state index contributed by atoms with van der Waals surface area (Å²) in [7, 11) is 0. The van der Waals surface area contributed by atoms with Gasteiger partial charge in [-0.1, -0.05) is 44.2 Å². The second kappa shape index (κ2) is 12.7. The first-order valence-corrected chi connectivity index (χ1v) is 12.7. The molecule has 1 heterocycles. The Morgan fingerprint density at radius 3 is 2.31 bits per heavy atom. The predicted molar refractivity (Wildman–Crippen MR) is 129 cm³/mol. The van der Waals surface area contributed by atoms with E-state index in [2.05, 4.69) is 10.6 Å². The van der Waals surface area contributed by atoms with E-state index in [4.69, 9.17) is 5.73 Å². The third-order valence-electron chi connectivity index (χ3n) is 7.11. The number of nitrogens with one attached hydrogen (secondary N) is 2. The topological polar surface area (TPSA) is 122 Å². The van der Waals surface area contributed by atoms with Gasteiger partial charge < -0.3 is 21.3 Å². The molecular formula is C26H37FN4O4. The van der Waals surface area contributed by atoms with E-state index in [0.717, 1.165) is 19.3 Å². The normalized spacial score (nSPS) is 20.2. The molecule has 1 aliphatic carbocycles. The molecule has 0 radical (unpaired) electrons. The van der Waals surface area contributed by atoms with Crippen molar-refractivity contribution in [2.75, 3.05) is 6.54 Å². The van der Waals surface area contributed by atoms with Crippen molar-refractivity contribution in [2.24, 2.45) is 11.7 Å². The average Bonchev–Trinajstić information content (AvgIpc) is 3.33. The molecule has 3 rings (SSSR count). The zero-order valence-electron chi connectivity index (χ0n) is 20.4. The molecule has 1 saturated carbocycles. The number of nitrogens with two attached hydrogens (primary N) is 1. The second-order valence-corrected chi connectivity index (χ2v) is 9.82. The number of nitrogens with zero attached hydrogens (tertiary/aromatic N) is 1. The van der Waals surface area contributed by atoms with Gasteiger partial charge in [-0.3, -0.25) is 19.2 Å². The number of amides is 4. The van der Waals surface area contributed by atoms with Crippen LogP contribution in [0.1, 0.15) is 70.3 Å². The maximum absolute atomic E-state index is 13.5. The number of carbonyl (C=O) groups is 4. The first-order chi connectivity index (χ1) is 16.7. The van der Waals surface area contributed by atoms with Crippen LogP contribution in [0.3, 0.4) is 0 Å². The van der Waals surface area contributed by atoms with E-state index in [1.807, 2.05) is 0 Å². The summed E-state index contributed by atoms with van der Waals surface area (Å²) in [5.41, 5.74) is 6.17. The summed E-state index contributed by atoms with van der Waals surface area (Å²) in [6, 6.07) is 3.27. The van der Waals surface area contributed by atoms with Gasteiger partial charge in [-0.15, -0.1) is 0 Å². The monoisotopic (exact) mass is 488 g/mol. The molecule has 192 valence electrons. The first-order valence-electron chi connectivity index (χ1n) is 12.7. The van der Waals surface area contributed by atoms with Gasteiger partial charge in [0.25, 0.3) is 0 Å². The molecule has 3 atom stereocenters. The van der Waals surface area contributed by atoms with Crippen LogP contribution in [0.5, 0.6) is 0 Å². The molecule has 9 heteroatoms. The summed E-state index contributed by atoms with van der Waals surface area (Å²) in [6.45, 7) is 1.74. The fraction of sp³-hybridized carbons (Fsp3) is 0.615. The van der Waals surface area contributed by atoms with Crippen LogP contribution in [0.2, 0.25) is 0 Å². The van der Waals surface area contributed by atoms with Crippen molar-refractivity contribution in [2.45, 2.75) is 89.3 Å². The van der Waals surface area contributed by atoms with Crippen LogP contribution in [0.4, 0.5) is 4.39 Å². The van der Waals surface area contributed by atoms with Gasteiger partial charge in [0, 0.05) is 19.9 Å². The minimum absolute atomic E-state index is 0.127. The highest BCUT2D eigenvalue weighted by Crippen LogP contribution is 2.28. The Balaban J connectivity index is 1.75. The maximum atomic E-state index is 13.5. The number of primary amides is 1. The standard InChI is InChI=1S/C26H37FN4O4/c1-17(32)29-21(14-11-18-6-3-2-4-7-18)25(34)30-22(16-19-9-12-20(27)13-10-19)26(35)31-15-5-8-23(31)24(28)33/h9-10,12-13,18,21-23H,2-8,11,14-16H2,1H3,(H2,28,33)(H,29,32)(H,30,34)/t21-,22-,23-/m0/s1. The van der Waals surface area contributed by atoms with Gasteiger partial charge >= 0.3 is 0 Å². The Kier molecular flexibility index (Phi) is 9.63. The lowest BCUT2D eigenvalue weighted by atomic mass is 9.85. The molecule has 0 aromatic heterocycles. The third-order valence-corrected chi connectivity index (χ3v) is 7.11. The Hall–Kier alpha value is -2.97. The predicted octanol–water partition coefficient (Wildman–Crippen LogP) is 2.19. The van der Waals surface area contributed by atoms with E-state index in [1.165, 1.54) is 43.2 Å². The molecule has 0 spiro atoms. The highest BCUT2D eigenvalue weighted by molar-refractivity contribution is 5.94. The minimum Gasteiger partial charge on any atom is -0.368 e. The fourth-order valence-electron chi connectivity index (χ4n) is 5.25. The van der Waals surface area contributed by atoms with Crippen LogP contribution in [0.15, 0.2) is 24.3 Å². The molecule has 4 amide bonds. The van der Waals surface area contributed by atoms with Crippen LogP contribution in [-0.2, 0) is 25.6 Å². The van der Waals surface area contributed by atoms with Crippen molar-refractivity contribution in [3.63, 3.8) is 0 Å². The van der Waals surface area contributed by atoms with Gasteiger partial charge in [0.2, 0.25) is 23.6 Å². The van der Waals surface area contributed by atoms with E-state index >= 15 is 0 Å². The molecule has 1 aromatic rings. The summed E-state index contributed by atoms with van der Waals surface area (Å²) in [5, 5.41) is 5.55. The number of rotatable bonds is 10. The van der Waals surface area contributed by atoms with Crippen molar-refractivity contribution < 1.29 is 23.6 Å². The number of halogens is 1. The van der Waals surface area contributed by atoms with Gasteiger partial charge in [-0.2, -0.15) is 0 Å². The Labute approximate surface area is 206 Å². The number of hydrogen-bond acceptors (Lipinski definition) is 4. The van der Waals surface area contributed by atoms with Crippen molar-refractivity contribution >= 4 is 23.6 Å². The van der Waals surface area contributed by atoms with Crippen LogP contribution in [0.25, 0.3) is 0 Å². The largest absolute Gasteiger partial charge is 0.368 e. The molecule has 2 fully saturated rings. The molecule has 1 aromatic carbocycles. The third kappa shape index (κ3) is 7.77. The maximum Gasteiger partial charge on any atom is 0.246 e. The number of hydrogen-bond donors (Lipinski definition) is 3. The van der Waals surface area contributed by atoms with Crippen LogP contribution < -0.4 is 16.4 Å². The average molecular weight is 489 g/mol. The summed E-state index contributed by atoms with van der Waals surface area (Å²) >= 11 is 0. The molecule has 35 heavy (non-hydrogen) atoms. The quantitative estimate of drug-likeness (QED) is 0.467. The molecule has 2 aliphatic rings. The Morgan fingerprint density at radius 2 is 1.69 bits per heavy atom. The van der Waals surface area contributed by atoms with E-state index in [0.29, 0.717) is 37.3 Å².